The third-order valence-electron chi connectivity index (χ3n) is 3.31. The van der Waals surface area contributed by atoms with Crippen molar-refractivity contribution in [2.45, 2.75) is 19.3 Å². The summed E-state index contributed by atoms with van der Waals surface area (Å²) in [6.45, 7) is 2.18. The molecule has 3 rings (SSSR count). The van der Waals surface area contributed by atoms with Gasteiger partial charge in [0, 0.05) is 42.1 Å². The summed E-state index contributed by atoms with van der Waals surface area (Å²) in [6.07, 6.45) is 3.77. The molecule has 1 aromatic heterocycles. The van der Waals surface area contributed by atoms with Crippen molar-refractivity contribution in [2.24, 2.45) is 0 Å². The molecule has 0 atom stereocenters. The first-order chi connectivity index (χ1) is 9.74. The van der Waals surface area contributed by atoms with Crippen molar-refractivity contribution in [1.29, 1.82) is 0 Å². The molecule has 0 N–H and O–H groups in total. The Morgan fingerprint density at radius 1 is 1.25 bits per heavy atom. The third-order valence-corrected chi connectivity index (χ3v) is 5.54. The van der Waals surface area contributed by atoms with E-state index >= 15 is 0 Å². The highest BCUT2D eigenvalue weighted by Gasteiger charge is 2.16. The summed E-state index contributed by atoms with van der Waals surface area (Å²) in [4.78, 5) is 10.5. The number of nitro groups is 1. The van der Waals surface area contributed by atoms with Crippen LogP contribution in [0.5, 0.6) is 0 Å². The first-order valence-corrected chi connectivity index (χ1v) is 8.12. The lowest BCUT2D eigenvalue weighted by atomic mass is 10.2. The summed E-state index contributed by atoms with van der Waals surface area (Å²) in [7, 11) is 0. The first kappa shape index (κ1) is 13.4. The van der Waals surface area contributed by atoms with Crippen LogP contribution < -0.4 is 8.56 Å². The molecule has 20 heavy (non-hydrogen) atoms. The molecule has 0 saturated carbocycles. The molecule has 1 aromatic carbocycles. The number of benzene rings is 1. The number of piperidine rings is 1. The number of hydrogen-bond acceptors (Lipinski definition) is 5. The van der Waals surface area contributed by atoms with Gasteiger partial charge < -0.3 is 0 Å². The van der Waals surface area contributed by atoms with Crippen molar-refractivity contribution >= 4 is 28.6 Å². The van der Waals surface area contributed by atoms with Gasteiger partial charge in [-0.3, -0.25) is 10.1 Å². The molecule has 1 aliphatic rings. The van der Waals surface area contributed by atoms with Crippen LogP contribution >= 0.6 is 22.9 Å². The lowest BCUT2D eigenvalue weighted by Gasteiger charge is -2.06. The van der Waals surface area contributed by atoms with Gasteiger partial charge in [-0.2, -0.15) is 4.37 Å². The molecule has 0 aliphatic carbocycles. The molecular weight excluding hydrogens is 294 g/mol. The number of aromatic nitrogens is 1. The van der Waals surface area contributed by atoms with Gasteiger partial charge in [-0.1, -0.05) is 12.1 Å². The van der Waals surface area contributed by atoms with Gasteiger partial charge in [0.2, 0.25) is 0 Å². The third kappa shape index (κ3) is 2.78. The van der Waals surface area contributed by atoms with E-state index < -0.39 is 0 Å². The van der Waals surface area contributed by atoms with Crippen LogP contribution in [0.15, 0.2) is 24.3 Å². The van der Waals surface area contributed by atoms with Crippen molar-refractivity contribution in [3.63, 3.8) is 0 Å². The van der Waals surface area contributed by atoms with Crippen LogP contribution in [0.2, 0.25) is 0 Å². The predicted molar refractivity (Wildman–Crippen MR) is 80.9 cm³/mol. The molecule has 2 aromatic rings. The number of hydrogen-bond donors (Lipinski definition) is 0. The van der Waals surface area contributed by atoms with E-state index in [1.54, 1.807) is 23.5 Å². The van der Waals surface area contributed by atoms with E-state index in [0.29, 0.717) is 0 Å². The van der Waals surface area contributed by atoms with Crippen LogP contribution in [-0.2, 0) is 0 Å². The van der Waals surface area contributed by atoms with Crippen LogP contribution in [0, 0.1) is 10.1 Å². The molecule has 7 heteroatoms. The average molecular weight is 308 g/mol. The Labute approximate surface area is 124 Å². The zero-order valence-corrected chi connectivity index (χ0v) is 12.5. The van der Waals surface area contributed by atoms with Crippen LogP contribution in [0.3, 0.4) is 0 Å². The van der Waals surface area contributed by atoms with E-state index in [-0.39, 0.29) is 10.6 Å². The molecule has 104 valence electrons. The standard InChI is InChI=1S/C13H14N3O2S2/c17-16(18)11-6-4-5-10(9-11)12-14-20-13(19-12)15-7-2-1-3-8-15/h4-6,9H,1-3,7-8H2/q+1. The average Bonchev–Trinajstić information content (AvgIpc) is 2.98. The van der Waals surface area contributed by atoms with Crippen LogP contribution in [0.1, 0.15) is 19.3 Å². The van der Waals surface area contributed by atoms with E-state index in [2.05, 4.69) is 8.95 Å². The topological polar surface area (TPSA) is 59.0 Å². The molecule has 5 nitrogen and oxygen atoms in total. The molecule has 0 bridgehead atoms. The zero-order chi connectivity index (χ0) is 13.9. The van der Waals surface area contributed by atoms with Crippen LogP contribution in [-0.4, -0.2) is 22.4 Å². The molecule has 0 radical (unpaired) electrons. The minimum Gasteiger partial charge on any atom is -0.258 e. The number of rotatable bonds is 2. The first-order valence-electron chi connectivity index (χ1n) is 6.53. The summed E-state index contributed by atoms with van der Waals surface area (Å²) < 4.78 is 8.03. The van der Waals surface area contributed by atoms with Gasteiger partial charge in [0.1, 0.15) is 18.1 Å². The Morgan fingerprint density at radius 3 is 2.80 bits per heavy atom. The Hall–Kier alpha value is -1.60. The minimum atomic E-state index is -0.369. The van der Waals surface area contributed by atoms with Crippen molar-refractivity contribution in [3.05, 3.63) is 38.4 Å². The smallest absolute Gasteiger partial charge is 0.258 e. The fourth-order valence-electron chi connectivity index (χ4n) is 2.26. The molecule has 1 saturated heterocycles. The maximum absolute atomic E-state index is 10.8. The highest BCUT2D eigenvalue weighted by molar-refractivity contribution is 7.25. The van der Waals surface area contributed by atoms with Gasteiger partial charge in [-0.05, 0) is 17.8 Å². The van der Waals surface area contributed by atoms with Crippen molar-refractivity contribution in [2.75, 3.05) is 13.1 Å². The molecule has 0 amide bonds. The molecule has 1 fully saturated rings. The van der Waals surface area contributed by atoms with Crippen LogP contribution in [0.4, 0.5) is 5.69 Å². The van der Waals surface area contributed by atoms with E-state index in [1.807, 2.05) is 6.07 Å². The fourth-order valence-corrected chi connectivity index (χ4v) is 4.31. The second kappa shape index (κ2) is 5.80. The summed E-state index contributed by atoms with van der Waals surface area (Å²) >= 11 is 3.11. The number of nitro benzene ring substituents is 1. The summed E-state index contributed by atoms with van der Waals surface area (Å²) in [5, 5.41) is 11.7. The van der Waals surface area contributed by atoms with Gasteiger partial charge in [0.25, 0.3) is 5.69 Å². The molecule has 2 heterocycles. The summed E-state index contributed by atoms with van der Waals surface area (Å²) in [6, 6.07) is 6.68. The lowest BCUT2D eigenvalue weighted by molar-refractivity contribution is -0.384. The largest absolute Gasteiger partial charge is 0.333 e. The zero-order valence-electron chi connectivity index (χ0n) is 10.8. The van der Waals surface area contributed by atoms with Crippen LogP contribution in [0.25, 0.3) is 10.6 Å². The highest BCUT2D eigenvalue weighted by Crippen LogP contribution is 2.24. The number of non-ortho nitro benzene ring substituents is 1. The second-order valence-electron chi connectivity index (χ2n) is 4.71. The molecule has 0 spiro atoms. The van der Waals surface area contributed by atoms with Crippen molar-refractivity contribution in [3.8, 4) is 10.6 Å². The fraction of sp³-hybridized carbons (Fsp3) is 0.385. The Kier molecular flexibility index (Phi) is 3.88. The second-order valence-corrected chi connectivity index (χ2v) is 6.70. The van der Waals surface area contributed by atoms with Crippen molar-refractivity contribution in [1.82, 2.24) is 8.95 Å². The predicted octanol–water partition coefficient (Wildman–Crippen LogP) is 2.74. The van der Waals surface area contributed by atoms with Gasteiger partial charge in [-0.15, -0.1) is 0 Å². The number of nitrogens with zero attached hydrogens (tertiary/aromatic N) is 3. The Morgan fingerprint density at radius 2 is 2.05 bits per heavy atom. The van der Waals surface area contributed by atoms with E-state index in [9.17, 15) is 10.1 Å². The van der Waals surface area contributed by atoms with E-state index in [1.165, 1.54) is 40.8 Å². The lowest BCUT2D eigenvalue weighted by Crippen LogP contribution is -2.31. The quantitative estimate of drug-likeness (QED) is 0.487. The monoisotopic (exact) mass is 308 g/mol. The maximum atomic E-state index is 10.8. The summed E-state index contributed by atoms with van der Waals surface area (Å²) in [5.41, 5.74) is 0.936. The SMILES string of the molecule is O=[N+]([O-])c1cccc(-c2nsc(=[N+]3CCCCC3)s2)c1. The van der Waals surface area contributed by atoms with E-state index in [4.69, 9.17) is 0 Å². The molecule has 1 aliphatic heterocycles. The normalized spacial score (nSPS) is 15.3. The van der Waals surface area contributed by atoms with Gasteiger partial charge in [0.15, 0.2) is 0 Å². The van der Waals surface area contributed by atoms with Gasteiger partial charge in [-0.25, -0.2) is 4.58 Å². The Bertz CT molecular complexity index is 697. The van der Waals surface area contributed by atoms with Gasteiger partial charge in [0.05, 0.1) is 4.92 Å². The van der Waals surface area contributed by atoms with Gasteiger partial charge >= 0.3 is 3.98 Å². The molecular formula is C13H14N3O2S2+. The minimum absolute atomic E-state index is 0.113. The Balaban J connectivity index is 1.97. The van der Waals surface area contributed by atoms with Crippen molar-refractivity contribution < 1.29 is 4.92 Å². The maximum Gasteiger partial charge on any atom is 0.333 e. The molecule has 0 unspecified atom stereocenters. The summed E-state index contributed by atoms with van der Waals surface area (Å²) in [5.74, 6) is 0. The highest BCUT2D eigenvalue weighted by atomic mass is 32.2. The van der Waals surface area contributed by atoms with E-state index in [0.717, 1.165) is 23.7 Å².